The standard InChI is InChI=1S/C10H15NO/c1-8(12)10(7-11)9-5-3-2-4-6-9/h2-6,8,10,12H,7,11H2,1H3/t8-,10-/m1/s1. The second-order valence-corrected chi connectivity index (χ2v) is 2.99. The zero-order chi connectivity index (χ0) is 8.97. The Morgan fingerprint density at radius 1 is 1.33 bits per heavy atom. The van der Waals surface area contributed by atoms with E-state index in [1.165, 1.54) is 0 Å². The van der Waals surface area contributed by atoms with Crippen LogP contribution in [0.15, 0.2) is 30.3 Å². The second-order valence-electron chi connectivity index (χ2n) is 2.99. The van der Waals surface area contributed by atoms with Gasteiger partial charge in [0.25, 0.3) is 0 Å². The number of hydrogen-bond donors (Lipinski definition) is 2. The minimum Gasteiger partial charge on any atom is -0.393 e. The number of aliphatic hydroxyl groups excluding tert-OH is 1. The first-order valence-corrected chi connectivity index (χ1v) is 4.18. The molecule has 1 aromatic rings. The van der Waals surface area contributed by atoms with Crippen molar-refractivity contribution in [2.75, 3.05) is 6.54 Å². The fourth-order valence-electron chi connectivity index (χ4n) is 1.31. The lowest BCUT2D eigenvalue weighted by Gasteiger charge is -2.17. The molecule has 12 heavy (non-hydrogen) atoms. The first-order chi connectivity index (χ1) is 5.75. The predicted molar refractivity (Wildman–Crippen MR) is 49.9 cm³/mol. The molecule has 0 aromatic heterocycles. The van der Waals surface area contributed by atoms with Gasteiger partial charge < -0.3 is 10.8 Å². The fourth-order valence-corrected chi connectivity index (χ4v) is 1.31. The largest absolute Gasteiger partial charge is 0.393 e. The van der Waals surface area contributed by atoms with Gasteiger partial charge in [-0.25, -0.2) is 0 Å². The van der Waals surface area contributed by atoms with E-state index in [-0.39, 0.29) is 12.0 Å². The monoisotopic (exact) mass is 165 g/mol. The lowest BCUT2D eigenvalue weighted by Crippen LogP contribution is -2.23. The van der Waals surface area contributed by atoms with Crippen LogP contribution in [0.4, 0.5) is 0 Å². The third kappa shape index (κ3) is 2.06. The molecule has 0 heterocycles. The molecule has 0 amide bonds. The molecule has 0 aliphatic carbocycles. The molecular weight excluding hydrogens is 150 g/mol. The van der Waals surface area contributed by atoms with E-state index < -0.39 is 0 Å². The highest BCUT2D eigenvalue weighted by molar-refractivity contribution is 5.20. The summed E-state index contributed by atoms with van der Waals surface area (Å²) in [6.07, 6.45) is -0.377. The molecule has 2 heteroatoms. The Hall–Kier alpha value is -0.860. The van der Waals surface area contributed by atoms with E-state index in [2.05, 4.69) is 0 Å². The van der Waals surface area contributed by atoms with Crippen molar-refractivity contribution in [3.05, 3.63) is 35.9 Å². The van der Waals surface area contributed by atoms with Crippen molar-refractivity contribution in [1.82, 2.24) is 0 Å². The van der Waals surface area contributed by atoms with E-state index in [4.69, 9.17) is 5.73 Å². The Morgan fingerprint density at radius 2 is 1.92 bits per heavy atom. The molecule has 2 nitrogen and oxygen atoms in total. The van der Waals surface area contributed by atoms with E-state index in [0.29, 0.717) is 6.54 Å². The van der Waals surface area contributed by atoms with Gasteiger partial charge in [-0.15, -0.1) is 0 Å². The number of benzene rings is 1. The summed E-state index contributed by atoms with van der Waals surface area (Å²) >= 11 is 0. The molecule has 2 atom stereocenters. The fraction of sp³-hybridized carbons (Fsp3) is 0.400. The maximum Gasteiger partial charge on any atom is 0.0592 e. The van der Waals surface area contributed by atoms with E-state index in [9.17, 15) is 5.11 Å². The predicted octanol–water partition coefficient (Wildman–Crippen LogP) is 1.11. The van der Waals surface area contributed by atoms with E-state index in [0.717, 1.165) is 5.56 Å². The third-order valence-corrected chi connectivity index (χ3v) is 2.06. The summed E-state index contributed by atoms with van der Waals surface area (Å²) in [4.78, 5) is 0. The van der Waals surface area contributed by atoms with Gasteiger partial charge in [0.1, 0.15) is 0 Å². The number of hydrogen-bond acceptors (Lipinski definition) is 2. The van der Waals surface area contributed by atoms with Crippen molar-refractivity contribution >= 4 is 0 Å². The van der Waals surface area contributed by atoms with E-state index >= 15 is 0 Å². The highest BCUT2D eigenvalue weighted by Crippen LogP contribution is 2.17. The molecule has 66 valence electrons. The van der Waals surface area contributed by atoms with Gasteiger partial charge in [-0.1, -0.05) is 30.3 Å². The van der Waals surface area contributed by atoms with Gasteiger partial charge in [0.15, 0.2) is 0 Å². The van der Waals surface area contributed by atoms with Crippen molar-refractivity contribution in [2.24, 2.45) is 5.73 Å². The average molecular weight is 165 g/mol. The van der Waals surface area contributed by atoms with Gasteiger partial charge in [-0.2, -0.15) is 0 Å². The lowest BCUT2D eigenvalue weighted by atomic mass is 9.95. The molecule has 0 saturated heterocycles. The van der Waals surface area contributed by atoms with Gasteiger partial charge in [0.05, 0.1) is 6.10 Å². The number of rotatable bonds is 3. The lowest BCUT2D eigenvalue weighted by molar-refractivity contribution is 0.164. The van der Waals surface area contributed by atoms with Gasteiger partial charge in [0.2, 0.25) is 0 Å². The molecule has 0 saturated carbocycles. The maximum absolute atomic E-state index is 9.39. The van der Waals surface area contributed by atoms with Crippen molar-refractivity contribution in [3.8, 4) is 0 Å². The Morgan fingerprint density at radius 3 is 2.33 bits per heavy atom. The molecule has 0 unspecified atom stereocenters. The van der Waals surface area contributed by atoms with E-state index in [1.807, 2.05) is 30.3 Å². The van der Waals surface area contributed by atoms with Crippen LogP contribution in [0.1, 0.15) is 18.4 Å². The summed E-state index contributed by atoms with van der Waals surface area (Å²) in [5.41, 5.74) is 6.65. The molecule has 0 spiro atoms. The SMILES string of the molecule is C[C@@H](O)[C@@H](CN)c1ccccc1. The highest BCUT2D eigenvalue weighted by Gasteiger charge is 2.14. The minimum absolute atomic E-state index is 0.0613. The van der Waals surface area contributed by atoms with Crippen LogP contribution in [-0.4, -0.2) is 17.8 Å². The molecular formula is C10H15NO. The van der Waals surface area contributed by atoms with Crippen LogP contribution in [0.5, 0.6) is 0 Å². The van der Waals surface area contributed by atoms with Gasteiger partial charge in [-0.05, 0) is 12.5 Å². The van der Waals surface area contributed by atoms with Gasteiger partial charge >= 0.3 is 0 Å². The first kappa shape index (κ1) is 9.23. The van der Waals surface area contributed by atoms with Crippen molar-refractivity contribution in [1.29, 1.82) is 0 Å². The Bertz CT molecular complexity index is 221. The molecule has 0 aliphatic rings. The molecule has 1 aromatic carbocycles. The van der Waals surface area contributed by atoms with Crippen molar-refractivity contribution < 1.29 is 5.11 Å². The van der Waals surface area contributed by atoms with Crippen LogP contribution in [-0.2, 0) is 0 Å². The van der Waals surface area contributed by atoms with Crippen LogP contribution >= 0.6 is 0 Å². The van der Waals surface area contributed by atoms with Crippen LogP contribution in [0.25, 0.3) is 0 Å². The second kappa shape index (κ2) is 4.24. The zero-order valence-electron chi connectivity index (χ0n) is 7.27. The molecule has 3 N–H and O–H groups in total. The normalized spacial score (nSPS) is 15.6. The van der Waals surface area contributed by atoms with Crippen LogP contribution in [0, 0.1) is 0 Å². The highest BCUT2D eigenvalue weighted by atomic mass is 16.3. The topological polar surface area (TPSA) is 46.2 Å². The molecule has 0 radical (unpaired) electrons. The quantitative estimate of drug-likeness (QED) is 0.704. The van der Waals surface area contributed by atoms with Crippen molar-refractivity contribution in [2.45, 2.75) is 18.9 Å². The summed E-state index contributed by atoms with van der Waals surface area (Å²) in [6, 6.07) is 9.86. The first-order valence-electron chi connectivity index (χ1n) is 4.18. The van der Waals surface area contributed by atoms with Gasteiger partial charge in [-0.3, -0.25) is 0 Å². The average Bonchev–Trinajstić information content (AvgIpc) is 2.07. The molecule has 0 aliphatic heterocycles. The van der Waals surface area contributed by atoms with Crippen molar-refractivity contribution in [3.63, 3.8) is 0 Å². The smallest absolute Gasteiger partial charge is 0.0592 e. The third-order valence-electron chi connectivity index (χ3n) is 2.06. The number of nitrogens with two attached hydrogens (primary N) is 1. The molecule has 0 bridgehead atoms. The van der Waals surface area contributed by atoms with Crippen LogP contribution in [0.3, 0.4) is 0 Å². The Balaban J connectivity index is 2.80. The number of aliphatic hydroxyl groups is 1. The summed E-state index contributed by atoms with van der Waals surface area (Å²) in [5.74, 6) is 0.0613. The minimum atomic E-state index is -0.377. The van der Waals surface area contributed by atoms with E-state index in [1.54, 1.807) is 6.92 Å². The van der Waals surface area contributed by atoms with Crippen LogP contribution < -0.4 is 5.73 Å². The summed E-state index contributed by atoms with van der Waals surface area (Å²) < 4.78 is 0. The maximum atomic E-state index is 9.39. The zero-order valence-corrected chi connectivity index (χ0v) is 7.27. The summed E-state index contributed by atoms with van der Waals surface area (Å²) in [7, 11) is 0. The summed E-state index contributed by atoms with van der Waals surface area (Å²) in [5, 5.41) is 9.39. The Kier molecular flexibility index (Phi) is 3.26. The molecule has 1 rings (SSSR count). The van der Waals surface area contributed by atoms with Gasteiger partial charge in [0, 0.05) is 12.5 Å². The summed E-state index contributed by atoms with van der Waals surface area (Å²) in [6.45, 7) is 2.26. The molecule has 0 fully saturated rings. The van der Waals surface area contributed by atoms with Crippen LogP contribution in [0.2, 0.25) is 0 Å². The Labute approximate surface area is 73.0 Å².